The number of fused-ring (bicyclic) bond motifs is 2. The summed E-state index contributed by atoms with van der Waals surface area (Å²) in [7, 11) is 0. The van der Waals surface area contributed by atoms with Gasteiger partial charge >= 0.3 is 6.09 Å². The van der Waals surface area contributed by atoms with Crippen molar-refractivity contribution < 1.29 is 14.3 Å². The number of carbonyl (C=O) groups excluding carboxylic acids is 2. The molecule has 2 atom stereocenters. The average molecular weight is 452 g/mol. The molecule has 1 N–H and O–H groups in total. The van der Waals surface area contributed by atoms with Gasteiger partial charge in [0.25, 0.3) is 5.91 Å². The maximum atomic E-state index is 13.0. The van der Waals surface area contributed by atoms with Gasteiger partial charge in [-0.05, 0) is 48.7 Å². The summed E-state index contributed by atoms with van der Waals surface area (Å²) in [6, 6.07) is 12.9. The number of ether oxygens (including phenoxy) is 1. The predicted octanol–water partition coefficient (Wildman–Crippen LogP) is 3.44. The molecule has 9 heteroatoms. The molecule has 1 aliphatic carbocycles. The average Bonchev–Trinajstić information content (AvgIpc) is 3.12. The second-order valence-corrected chi connectivity index (χ2v) is 9.47. The first-order valence-corrected chi connectivity index (χ1v) is 11.2. The van der Waals surface area contributed by atoms with Crippen LogP contribution in [0.4, 0.5) is 4.79 Å². The van der Waals surface area contributed by atoms with E-state index in [0.717, 1.165) is 23.9 Å². The molecule has 2 amide bonds. The Labute approximate surface area is 189 Å². The number of H-pyrrole nitrogens is 1. The first-order chi connectivity index (χ1) is 15.5. The third-order valence-electron chi connectivity index (χ3n) is 6.93. The van der Waals surface area contributed by atoms with Gasteiger partial charge in [0.2, 0.25) is 0 Å². The van der Waals surface area contributed by atoms with Gasteiger partial charge in [0.05, 0.1) is 0 Å². The molecule has 3 fully saturated rings. The zero-order valence-electron chi connectivity index (χ0n) is 17.3. The third kappa shape index (κ3) is 3.30. The summed E-state index contributed by atoms with van der Waals surface area (Å²) in [5.74, 6) is 0.531. The molecule has 2 aromatic carbocycles. The van der Waals surface area contributed by atoms with Gasteiger partial charge in [-0.25, -0.2) is 4.79 Å². The maximum absolute atomic E-state index is 13.0. The highest BCUT2D eigenvalue weighted by atomic mass is 35.5. The quantitative estimate of drug-likeness (QED) is 0.658. The number of rotatable bonds is 3. The van der Waals surface area contributed by atoms with Crippen LogP contribution in [0.1, 0.15) is 28.8 Å². The summed E-state index contributed by atoms with van der Waals surface area (Å²) < 4.78 is 5.95. The molecule has 2 aliphatic heterocycles. The number of amides is 2. The van der Waals surface area contributed by atoms with Crippen LogP contribution in [0.25, 0.3) is 11.0 Å². The topological polar surface area (TPSA) is 91.4 Å². The Kier molecular flexibility index (Phi) is 4.40. The van der Waals surface area contributed by atoms with Crippen LogP contribution in [0.2, 0.25) is 5.02 Å². The van der Waals surface area contributed by atoms with E-state index in [0.29, 0.717) is 42.3 Å². The molecule has 3 heterocycles. The minimum absolute atomic E-state index is 0.00341. The number of benzene rings is 2. The van der Waals surface area contributed by atoms with Gasteiger partial charge in [-0.2, -0.15) is 15.4 Å². The van der Waals surface area contributed by atoms with Gasteiger partial charge in [-0.15, -0.1) is 0 Å². The van der Waals surface area contributed by atoms with Crippen molar-refractivity contribution in [2.24, 2.45) is 11.8 Å². The summed E-state index contributed by atoms with van der Waals surface area (Å²) >= 11 is 6.12. The largest absolute Gasteiger partial charge is 0.438 e. The first-order valence-electron chi connectivity index (χ1n) is 10.8. The Morgan fingerprint density at radius 2 is 1.69 bits per heavy atom. The lowest BCUT2D eigenvalue weighted by atomic mass is 10.0. The highest BCUT2D eigenvalue weighted by Crippen LogP contribution is 2.50. The first kappa shape index (κ1) is 19.5. The smallest absolute Gasteiger partial charge is 0.410 e. The standard InChI is InChI=1S/C23H22ClN5O3/c24-18-3-1-2-17(9-18)23(6-7-23)32-22(31)29-12-15-10-28(11-16(15)13-29)21(30)14-4-5-19-20(8-14)26-27-25-19/h1-5,8-9,15-16H,6-7,10-13H2,(H,25,26,27). The zero-order chi connectivity index (χ0) is 21.9. The lowest BCUT2D eigenvalue weighted by Gasteiger charge is -2.24. The summed E-state index contributed by atoms with van der Waals surface area (Å²) in [4.78, 5) is 29.6. The Morgan fingerprint density at radius 3 is 2.41 bits per heavy atom. The van der Waals surface area contributed by atoms with E-state index in [1.54, 1.807) is 23.1 Å². The molecule has 3 aliphatic rings. The van der Waals surface area contributed by atoms with E-state index in [-0.39, 0.29) is 23.8 Å². The van der Waals surface area contributed by atoms with Crippen LogP contribution in [0.15, 0.2) is 42.5 Å². The maximum Gasteiger partial charge on any atom is 0.410 e. The fourth-order valence-corrected chi connectivity index (χ4v) is 5.22. The number of nitrogens with one attached hydrogen (secondary N) is 1. The third-order valence-corrected chi connectivity index (χ3v) is 7.17. The molecule has 6 rings (SSSR count). The van der Waals surface area contributed by atoms with E-state index >= 15 is 0 Å². The minimum Gasteiger partial charge on any atom is -0.438 e. The van der Waals surface area contributed by atoms with Crippen molar-refractivity contribution in [3.8, 4) is 0 Å². The summed E-state index contributed by atoms with van der Waals surface area (Å²) in [5, 5.41) is 11.3. The van der Waals surface area contributed by atoms with Crippen molar-refractivity contribution in [1.82, 2.24) is 25.2 Å². The van der Waals surface area contributed by atoms with Gasteiger partial charge < -0.3 is 14.5 Å². The van der Waals surface area contributed by atoms with Gasteiger partial charge in [0, 0.05) is 48.6 Å². The lowest BCUT2D eigenvalue weighted by Crippen LogP contribution is -2.37. The molecule has 0 spiro atoms. The highest BCUT2D eigenvalue weighted by Gasteiger charge is 2.51. The number of hydrogen-bond acceptors (Lipinski definition) is 5. The molecular weight excluding hydrogens is 430 g/mol. The molecule has 32 heavy (non-hydrogen) atoms. The molecular formula is C23H22ClN5O3. The number of halogens is 1. The van der Waals surface area contributed by atoms with E-state index in [1.807, 2.05) is 29.2 Å². The fraction of sp³-hybridized carbons (Fsp3) is 0.391. The molecule has 3 aromatic rings. The van der Waals surface area contributed by atoms with Crippen LogP contribution < -0.4 is 0 Å². The summed E-state index contributed by atoms with van der Waals surface area (Å²) in [6.07, 6.45) is 1.36. The molecule has 2 unspecified atom stereocenters. The number of nitrogens with zero attached hydrogens (tertiary/aromatic N) is 4. The van der Waals surface area contributed by atoms with Crippen LogP contribution in [0.5, 0.6) is 0 Å². The van der Waals surface area contributed by atoms with E-state index in [9.17, 15) is 9.59 Å². The van der Waals surface area contributed by atoms with Crippen LogP contribution in [-0.4, -0.2) is 63.4 Å². The van der Waals surface area contributed by atoms with Crippen LogP contribution >= 0.6 is 11.6 Å². The fourth-order valence-electron chi connectivity index (χ4n) is 5.03. The van der Waals surface area contributed by atoms with Crippen LogP contribution in [0, 0.1) is 11.8 Å². The summed E-state index contributed by atoms with van der Waals surface area (Å²) in [5.41, 5.74) is 2.44. The van der Waals surface area contributed by atoms with Gasteiger partial charge in [0.1, 0.15) is 16.6 Å². The Morgan fingerprint density at radius 1 is 0.969 bits per heavy atom. The van der Waals surface area contributed by atoms with E-state index < -0.39 is 5.60 Å². The Hall–Kier alpha value is -3.13. The SMILES string of the molecule is O=C(OC1(c2cccc(Cl)c2)CC1)N1CC2CN(C(=O)c3ccc4n[nH]nc4c3)CC2C1. The van der Waals surface area contributed by atoms with Crippen molar-refractivity contribution in [2.45, 2.75) is 18.4 Å². The number of hydrogen-bond donors (Lipinski definition) is 1. The van der Waals surface area contributed by atoms with Crippen LogP contribution in [-0.2, 0) is 10.3 Å². The van der Waals surface area contributed by atoms with Crippen LogP contribution in [0.3, 0.4) is 0 Å². The Balaban J connectivity index is 1.09. The minimum atomic E-state index is -0.540. The van der Waals surface area contributed by atoms with Crippen molar-refractivity contribution in [2.75, 3.05) is 26.2 Å². The molecule has 0 bridgehead atoms. The number of carbonyl (C=O) groups is 2. The monoisotopic (exact) mass is 451 g/mol. The molecule has 164 valence electrons. The molecule has 0 radical (unpaired) electrons. The second kappa shape index (κ2) is 7.20. The van der Waals surface area contributed by atoms with Gasteiger partial charge in [-0.3, -0.25) is 4.79 Å². The second-order valence-electron chi connectivity index (χ2n) is 9.03. The molecule has 1 saturated carbocycles. The van der Waals surface area contributed by atoms with E-state index in [2.05, 4.69) is 15.4 Å². The van der Waals surface area contributed by atoms with Crippen molar-refractivity contribution in [1.29, 1.82) is 0 Å². The molecule has 2 saturated heterocycles. The molecule has 8 nitrogen and oxygen atoms in total. The number of aromatic amines is 1. The normalized spacial score (nSPS) is 23.4. The van der Waals surface area contributed by atoms with Gasteiger partial charge in [0.15, 0.2) is 0 Å². The van der Waals surface area contributed by atoms with E-state index in [4.69, 9.17) is 16.3 Å². The predicted molar refractivity (Wildman–Crippen MR) is 117 cm³/mol. The summed E-state index contributed by atoms with van der Waals surface area (Å²) in [6.45, 7) is 2.51. The zero-order valence-corrected chi connectivity index (χ0v) is 18.1. The van der Waals surface area contributed by atoms with E-state index in [1.165, 1.54) is 0 Å². The van der Waals surface area contributed by atoms with Crippen molar-refractivity contribution in [3.05, 3.63) is 58.6 Å². The number of likely N-dealkylation sites (tertiary alicyclic amines) is 2. The lowest BCUT2D eigenvalue weighted by molar-refractivity contribution is 0.0509. The highest BCUT2D eigenvalue weighted by molar-refractivity contribution is 6.30. The van der Waals surface area contributed by atoms with Gasteiger partial charge in [-0.1, -0.05) is 23.7 Å². The van der Waals surface area contributed by atoms with Crippen molar-refractivity contribution in [3.63, 3.8) is 0 Å². The Bertz CT molecular complexity index is 1210. The van der Waals surface area contributed by atoms with Crippen molar-refractivity contribution >= 4 is 34.6 Å². The molecule has 1 aromatic heterocycles. The number of aromatic nitrogens is 3.